The Morgan fingerprint density at radius 3 is 2.16 bits per heavy atom. The monoisotopic (exact) mass is 452 g/mol. The second-order valence-electron chi connectivity index (χ2n) is 7.02. The summed E-state index contributed by atoms with van der Waals surface area (Å²) in [5.41, 5.74) is 0. The molecule has 1 heterocycles. The van der Waals surface area contributed by atoms with Gasteiger partial charge in [0.2, 0.25) is 10.0 Å². The summed E-state index contributed by atoms with van der Waals surface area (Å²) in [5, 5.41) is 0. The third-order valence-corrected chi connectivity index (χ3v) is 6.87. The number of nitrogens with zero attached hydrogens (tertiary/aromatic N) is 2. The first-order valence-corrected chi connectivity index (χ1v) is 11.9. The summed E-state index contributed by atoms with van der Waals surface area (Å²) in [7, 11) is -3.62. The van der Waals surface area contributed by atoms with Gasteiger partial charge in [-0.25, -0.2) is 12.8 Å². The fraction of sp³-hybridized carbons (Fsp3) is 0.455. The zero-order chi connectivity index (χ0) is 22.3. The molecule has 0 bridgehead atoms. The van der Waals surface area contributed by atoms with Crippen LogP contribution in [0.1, 0.15) is 13.8 Å². The van der Waals surface area contributed by atoms with Crippen LogP contribution in [0.3, 0.4) is 0 Å². The highest BCUT2D eigenvalue weighted by atomic mass is 32.2. The van der Waals surface area contributed by atoms with E-state index in [1.807, 2.05) is 13.8 Å². The second-order valence-corrected chi connectivity index (χ2v) is 8.96. The van der Waals surface area contributed by atoms with Crippen LogP contribution in [0.15, 0.2) is 47.4 Å². The van der Waals surface area contributed by atoms with Crippen LogP contribution in [0, 0.1) is 5.82 Å². The van der Waals surface area contributed by atoms with E-state index in [1.54, 1.807) is 24.3 Å². The van der Waals surface area contributed by atoms with Crippen LogP contribution in [0.5, 0.6) is 17.2 Å². The van der Waals surface area contributed by atoms with E-state index in [2.05, 4.69) is 4.90 Å². The summed E-state index contributed by atoms with van der Waals surface area (Å²) in [6.07, 6.45) is 0. The summed E-state index contributed by atoms with van der Waals surface area (Å²) in [6, 6.07) is 10.6. The Morgan fingerprint density at radius 1 is 0.871 bits per heavy atom. The fourth-order valence-electron chi connectivity index (χ4n) is 3.36. The Bertz CT molecular complexity index is 945. The van der Waals surface area contributed by atoms with Gasteiger partial charge in [0.25, 0.3) is 0 Å². The number of rotatable bonds is 10. The molecule has 0 aromatic heterocycles. The van der Waals surface area contributed by atoms with Gasteiger partial charge in [-0.15, -0.1) is 0 Å². The molecule has 170 valence electrons. The highest BCUT2D eigenvalue weighted by Gasteiger charge is 2.29. The average Bonchev–Trinajstić information content (AvgIpc) is 2.77. The summed E-state index contributed by atoms with van der Waals surface area (Å²) < 4.78 is 57.4. The molecule has 0 N–H and O–H groups in total. The minimum Gasteiger partial charge on any atom is -0.492 e. The van der Waals surface area contributed by atoms with E-state index in [9.17, 15) is 12.8 Å². The maximum Gasteiger partial charge on any atom is 0.243 e. The lowest BCUT2D eigenvalue weighted by molar-refractivity contribution is 0.159. The van der Waals surface area contributed by atoms with Crippen LogP contribution >= 0.6 is 0 Å². The first kappa shape index (κ1) is 23.3. The summed E-state index contributed by atoms with van der Waals surface area (Å²) in [4.78, 5) is 2.35. The van der Waals surface area contributed by atoms with Crippen molar-refractivity contribution in [2.45, 2.75) is 18.7 Å². The third-order valence-electron chi connectivity index (χ3n) is 4.97. The molecule has 1 saturated heterocycles. The molecule has 0 atom stereocenters. The standard InChI is InChI=1S/C22H29FN2O5S/c1-3-28-21-10-9-20(17-22(21)29-4-2)31(26,27)25-13-11-24(12-14-25)15-16-30-19-7-5-18(23)6-8-19/h5-10,17H,3-4,11-16H2,1-2H3. The topological polar surface area (TPSA) is 68.3 Å². The lowest BCUT2D eigenvalue weighted by Gasteiger charge is -2.33. The Morgan fingerprint density at radius 2 is 1.52 bits per heavy atom. The zero-order valence-electron chi connectivity index (χ0n) is 17.9. The number of benzene rings is 2. The number of ether oxygens (including phenoxy) is 3. The molecule has 0 amide bonds. The van der Waals surface area contributed by atoms with Gasteiger partial charge in [-0.05, 0) is 50.2 Å². The van der Waals surface area contributed by atoms with Crippen LogP contribution in [0.25, 0.3) is 0 Å². The zero-order valence-corrected chi connectivity index (χ0v) is 18.7. The number of sulfonamides is 1. The number of hydrogen-bond acceptors (Lipinski definition) is 6. The highest BCUT2D eigenvalue weighted by Crippen LogP contribution is 2.31. The van der Waals surface area contributed by atoms with Crippen molar-refractivity contribution in [3.05, 3.63) is 48.3 Å². The van der Waals surface area contributed by atoms with Gasteiger partial charge in [0.05, 0.1) is 18.1 Å². The van der Waals surface area contributed by atoms with Crippen LogP contribution in [-0.2, 0) is 10.0 Å². The molecule has 3 rings (SSSR count). The molecule has 1 aliphatic rings. The largest absolute Gasteiger partial charge is 0.492 e. The van der Waals surface area contributed by atoms with E-state index in [1.165, 1.54) is 22.5 Å². The Labute approximate surface area is 183 Å². The fourth-order valence-corrected chi connectivity index (χ4v) is 4.80. The molecule has 7 nitrogen and oxygen atoms in total. The van der Waals surface area contributed by atoms with Crippen LogP contribution in [0.2, 0.25) is 0 Å². The van der Waals surface area contributed by atoms with Gasteiger partial charge < -0.3 is 14.2 Å². The second kappa shape index (κ2) is 10.8. The van der Waals surface area contributed by atoms with E-state index in [4.69, 9.17) is 14.2 Å². The Kier molecular flexibility index (Phi) is 8.11. The Hall–Kier alpha value is -2.36. The number of hydrogen-bond donors (Lipinski definition) is 0. The van der Waals surface area contributed by atoms with Crippen molar-refractivity contribution in [2.75, 3.05) is 52.5 Å². The van der Waals surface area contributed by atoms with Crippen molar-refractivity contribution < 1.29 is 27.0 Å². The van der Waals surface area contributed by atoms with Crippen molar-refractivity contribution in [2.24, 2.45) is 0 Å². The Balaban J connectivity index is 1.55. The molecule has 0 aliphatic carbocycles. The minimum absolute atomic E-state index is 0.201. The SMILES string of the molecule is CCOc1ccc(S(=O)(=O)N2CCN(CCOc3ccc(F)cc3)CC2)cc1OCC. The molecule has 1 fully saturated rings. The lowest BCUT2D eigenvalue weighted by Crippen LogP contribution is -2.49. The van der Waals surface area contributed by atoms with E-state index < -0.39 is 10.0 Å². The normalized spacial score (nSPS) is 15.6. The van der Waals surface area contributed by atoms with Gasteiger partial charge in [0, 0.05) is 38.8 Å². The molecule has 31 heavy (non-hydrogen) atoms. The van der Waals surface area contributed by atoms with E-state index in [0.717, 1.165) is 0 Å². The molecule has 0 unspecified atom stereocenters. The van der Waals surface area contributed by atoms with Crippen molar-refractivity contribution in [1.82, 2.24) is 9.21 Å². The predicted octanol–water partition coefficient (Wildman–Crippen LogP) is 3.01. The quantitative estimate of drug-likeness (QED) is 0.552. The summed E-state index contributed by atoms with van der Waals surface area (Å²) in [5.74, 6) is 1.28. The molecule has 0 spiro atoms. The van der Waals surface area contributed by atoms with Gasteiger partial charge in [0.15, 0.2) is 11.5 Å². The maximum atomic E-state index is 13.1. The molecule has 2 aromatic carbocycles. The van der Waals surface area contributed by atoms with Gasteiger partial charge in [-0.3, -0.25) is 4.90 Å². The lowest BCUT2D eigenvalue weighted by atomic mass is 10.3. The first-order valence-electron chi connectivity index (χ1n) is 10.4. The van der Waals surface area contributed by atoms with E-state index in [-0.39, 0.29) is 10.7 Å². The molecule has 1 aliphatic heterocycles. The van der Waals surface area contributed by atoms with E-state index in [0.29, 0.717) is 69.8 Å². The van der Waals surface area contributed by atoms with Crippen molar-refractivity contribution in [3.63, 3.8) is 0 Å². The molecule has 0 radical (unpaired) electrons. The van der Waals surface area contributed by atoms with Crippen molar-refractivity contribution in [1.29, 1.82) is 0 Å². The highest BCUT2D eigenvalue weighted by molar-refractivity contribution is 7.89. The predicted molar refractivity (Wildman–Crippen MR) is 116 cm³/mol. The third kappa shape index (κ3) is 6.09. The first-order chi connectivity index (χ1) is 14.9. The van der Waals surface area contributed by atoms with Gasteiger partial charge in [0.1, 0.15) is 18.2 Å². The average molecular weight is 453 g/mol. The van der Waals surface area contributed by atoms with Gasteiger partial charge in [-0.1, -0.05) is 0 Å². The molecular formula is C22H29FN2O5S. The maximum absolute atomic E-state index is 13.1. The van der Waals surface area contributed by atoms with Crippen LogP contribution in [-0.4, -0.2) is 70.2 Å². The van der Waals surface area contributed by atoms with Crippen molar-refractivity contribution in [3.8, 4) is 17.2 Å². The summed E-state index contributed by atoms with van der Waals surface area (Å²) in [6.45, 7) is 7.74. The molecule has 0 saturated carbocycles. The van der Waals surface area contributed by atoms with Gasteiger partial charge >= 0.3 is 0 Å². The number of piperazine rings is 1. The van der Waals surface area contributed by atoms with Crippen LogP contribution in [0.4, 0.5) is 4.39 Å². The smallest absolute Gasteiger partial charge is 0.243 e. The van der Waals surface area contributed by atoms with Crippen molar-refractivity contribution >= 4 is 10.0 Å². The minimum atomic E-state index is -3.62. The van der Waals surface area contributed by atoms with Gasteiger partial charge in [-0.2, -0.15) is 4.31 Å². The molecular weight excluding hydrogens is 423 g/mol. The number of halogens is 1. The summed E-state index contributed by atoms with van der Waals surface area (Å²) >= 11 is 0. The molecule has 9 heteroatoms. The van der Waals surface area contributed by atoms with E-state index >= 15 is 0 Å². The van der Waals surface area contributed by atoms with Crippen LogP contribution < -0.4 is 14.2 Å². The molecule has 2 aromatic rings.